The van der Waals surface area contributed by atoms with Gasteiger partial charge in [-0.2, -0.15) is 0 Å². The number of nitrogens with zero attached hydrogens (tertiary/aromatic N) is 2. The first-order valence-electron chi connectivity index (χ1n) is 14.4. The molecule has 2 aliphatic carbocycles. The van der Waals surface area contributed by atoms with Crippen LogP contribution < -0.4 is 0 Å². The number of carboxylic acids is 1. The lowest BCUT2D eigenvalue weighted by molar-refractivity contribution is -0.155. The molecule has 2 aromatic rings. The minimum atomic E-state index is -1.49. The summed E-state index contributed by atoms with van der Waals surface area (Å²) in [5.74, 6) is -1.11. The minimum absolute atomic E-state index is 0.0895. The molecule has 9 nitrogen and oxygen atoms in total. The van der Waals surface area contributed by atoms with E-state index in [1.165, 1.54) is 9.80 Å². The molecular weight excluding hydrogens is 524 g/mol. The Morgan fingerprint density at radius 2 is 1.54 bits per heavy atom. The van der Waals surface area contributed by atoms with Crippen molar-refractivity contribution in [1.29, 1.82) is 0 Å². The molecule has 1 heterocycles. The van der Waals surface area contributed by atoms with Gasteiger partial charge in [-0.1, -0.05) is 48.5 Å². The Balaban J connectivity index is 1.35. The Morgan fingerprint density at radius 1 is 0.976 bits per heavy atom. The summed E-state index contributed by atoms with van der Waals surface area (Å²) < 4.78 is 16.9. The number of methoxy groups -OCH3 is 1. The van der Waals surface area contributed by atoms with Gasteiger partial charge >= 0.3 is 18.2 Å². The molecule has 5 rings (SSSR count). The number of carbonyl (C=O) groups excluding carboxylic acids is 2. The number of carbonyl (C=O) groups is 3. The van der Waals surface area contributed by atoms with Crippen molar-refractivity contribution in [1.82, 2.24) is 9.80 Å². The van der Waals surface area contributed by atoms with Gasteiger partial charge in [-0.3, -0.25) is 4.90 Å². The second kappa shape index (κ2) is 11.4. The smallest absolute Gasteiger partial charge is 0.410 e. The van der Waals surface area contributed by atoms with Crippen molar-refractivity contribution >= 4 is 18.2 Å². The van der Waals surface area contributed by atoms with Gasteiger partial charge in [-0.15, -0.1) is 0 Å². The molecule has 3 aliphatic rings. The quantitative estimate of drug-likeness (QED) is 0.472. The van der Waals surface area contributed by atoms with Gasteiger partial charge in [0.05, 0.1) is 6.10 Å². The Morgan fingerprint density at radius 3 is 2.05 bits per heavy atom. The van der Waals surface area contributed by atoms with E-state index in [0.29, 0.717) is 0 Å². The SMILES string of the molecule is COC1CC(CN(C(=O)OCC2c3ccccc3-c3ccccc32)C2(C(=O)O)CCN(C(=O)OC(C)(C)C)CC2)C1. The summed E-state index contributed by atoms with van der Waals surface area (Å²) in [7, 11) is 1.66. The number of carboxylic acid groups (broad SMARTS) is 1. The van der Waals surface area contributed by atoms with Crippen LogP contribution >= 0.6 is 0 Å². The van der Waals surface area contributed by atoms with Crippen LogP contribution in [-0.4, -0.2) is 83.7 Å². The van der Waals surface area contributed by atoms with E-state index in [-0.39, 0.29) is 57.0 Å². The maximum atomic E-state index is 13.9. The number of piperidine rings is 1. The van der Waals surface area contributed by atoms with E-state index in [9.17, 15) is 19.5 Å². The molecule has 41 heavy (non-hydrogen) atoms. The fourth-order valence-electron chi connectivity index (χ4n) is 6.36. The van der Waals surface area contributed by atoms with Gasteiger partial charge < -0.3 is 24.2 Å². The predicted octanol–water partition coefficient (Wildman–Crippen LogP) is 5.52. The van der Waals surface area contributed by atoms with E-state index in [0.717, 1.165) is 35.1 Å². The molecule has 2 aromatic carbocycles. The molecule has 1 saturated carbocycles. The highest BCUT2D eigenvalue weighted by Gasteiger charge is 2.52. The number of aliphatic carboxylic acids is 1. The van der Waals surface area contributed by atoms with E-state index < -0.39 is 29.3 Å². The number of benzene rings is 2. The van der Waals surface area contributed by atoms with E-state index in [2.05, 4.69) is 24.3 Å². The summed E-state index contributed by atoms with van der Waals surface area (Å²) in [6.07, 6.45) is 0.677. The van der Waals surface area contributed by atoms with E-state index >= 15 is 0 Å². The van der Waals surface area contributed by atoms with Crippen LogP contribution in [0.15, 0.2) is 48.5 Å². The molecule has 0 spiro atoms. The summed E-state index contributed by atoms with van der Waals surface area (Å²) in [6, 6.07) is 16.2. The van der Waals surface area contributed by atoms with Crippen LogP contribution in [0.3, 0.4) is 0 Å². The van der Waals surface area contributed by atoms with Crippen molar-refractivity contribution in [2.75, 3.05) is 33.4 Å². The molecule has 1 N–H and O–H groups in total. The topological polar surface area (TPSA) is 106 Å². The highest BCUT2D eigenvalue weighted by Crippen LogP contribution is 2.45. The average Bonchev–Trinajstić information content (AvgIpc) is 3.24. The maximum Gasteiger partial charge on any atom is 0.410 e. The molecular formula is C32H40N2O7. The summed E-state index contributed by atoms with van der Waals surface area (Å²) in [5.41, 5.74) is 2.28. The summed E-state index contributed by atoms with van der Waals surface area (Å²) >= 11 is 0. The Labute approximate surface area is 241 Å². The van der Waals surface area contributed by atoms with Crippen molar-refractivity contribution < 1.29 is 33.7 Å². The number of likely N-dealkylation sites (tertiary alicyclic amines) is 1. The molecule has 0 atom stereocenters. The monoisotopic (exact) mass is 564 g/mol. The lowest BCUT2D eigenvalue weighted by Crippen LogP contribution is -2.64. The van der Waals surface area contributed by atoms with E-state index in [1.807, 2.05) is 24.3 Å². The number of hydrogen-bond donors (Lipinski definition) is 1. The van der Waals surface area contributed by atoms with Crippen molar-refractivity contribution in [3.8, 4) is 11.1 Å². The fraction of sp³-hybridized carbons (Fsp3) is 0.531. The Kier molecular flexibility index (Phi) is 8.01. The van der Waals surface area contributed by atoms with Crippen LogP contribution in [0.2, 0.25) is 0 Å². The number of ether oxygens (including phenoxy) is 3. The second-order valence-corrected chi connectivity index (χ2v) is 12.4. The lowest BCUT2D eigenvalue weighted by atomic mass is 9.79. The highest BCUT2D eigenvalue weighted by atomic mass is 16.6. The van der Waals surface area contributed by atoms with Gasteiger partial charge in [0.1, 0.15) is 17.7 Å². The minimum Gasteiger partial charge on any atom is -0.479 e. The number of fused-ring (bicyclic) bond motifs is 3. The van der Waals surface area contributed by atoms with Crippen LogP contribution in [0.5, 0.6) is 0 Å². The molecule has 0 bridgehead atoms. The van der Waals surface area contributed by atoms with Gasteiger partial charge in [-0.25, -0.2) is 14.4 Å². The normalized spacial score (nSPS) is 21.3. The zero-order valence-electron chi connectivity index (χ0n) is 24.3. The maximum absolute atomic E-state index is 13.9. The third-order valence-corrected chi connectivity index (χ3v) is 8.68. The van der Waals surface area contributed by atoms with Gasteiger partial charge in [0.25, 0.3) is 0 Å². The first-order chi connectivity index (χ1) is 19.5. The second-order valence-electron chi connectivity index (χ2n) is 12.4. The van der Waals surface area contributed by atoms with Crippen LogP contribution in [0.4, 0.5) is 9.59 Å². The number of rotatable bonds is 7. The Bertz CT molecular complexity index is 1240. The van der Waals surface area contributed by atoms with Gasteiger partial charge in [0, 0.05) is 32.7 Å². The standard InChI is InChI=1S/C32H40N2O7/c1-31(2,3)41-29(37)33-15-13-32(14-16-33,28(35)36)34(19-21-17-22(18-21)39-4)30(38)40-20-27-25-11-7-5-9-23(25)24-10-6-8-12-26(24)27/h5-12,21-22,27H,13-20H2,1-4H3,(H,35,36). The average molecular weight is 565 g/mol. The van der Waals surface area contributed by atoms with E-state index in [4.69, 9.17) is 14.2 Å². The number of hydrogen-bond acceptors (Lipinski definition) is 6. The molecule has 220 valence electrons. The molecule has 0 unspecified atom stereocenters. The highest BCUT2D eigenvalue weighted by molar-refractivity contribution is 5.85. The predicted molar refractivity (Wildman–Crippen MR) is 153 cm³/mol. The van der Waals surface area contributed by atoms with Crippen LogP contribution in [0.1, 0.15) is 63.5 Å². The van der Waals surface area contributed by atoms with Crippen LogP contribution in [0, 0.1) is 5.92 Å². The third kappa shape index (κ3) is 5.77. The summed E-state index contributed by atoms with van der Waals surface area (Å²) in [6.45, 7) is 6.08. The molecule has 2 fully saturated rings. The number of amides is 2. The molecule has 0 radical (unpaired) electrons. The summed E-state index contributed by atoms with van der Waals surface area (Å²) in [5, 5.41) is 10.6. The molecule has 0 aromatic heterocycles. The van der Waals surface area contributed by atoms with Gasteiger partial charge in [-0.05, 0) is 74.6 Å². The van der Waals surface area contributed by atoms with Crippen molar-refractivity contribution in [3.05, 3.63) is 59.7 Å². The zero-order valence-corrected chi connectivity index (χ0v) is 24.3. The molecule has 1 saturated heterocycles. The van der Waals surface area contributed by atoms with Crippen molar-refractivity contribution in [2.45, 2.75) is 69.6 Å². The third-order valence-electron chi connectivity index (χ3n) is 8.68. The first-order valence-corrected chi connectivity index (χ1v) is 14.4. The molecule has 9 heteroatoms. The summed E-state index contributed by atoms with van der Waals surface area (Å²) in [4.78, 5) is 42.4. The van der Waals surface area contributed by atoms with Gasteiger partial charge in [0.15, 0.2) is 0 Å². The van der Waals surface area contributed by atoms with Gasteiger partial charge in [0.2, 0.25) is 0 Å². The van der Waals surface area contributed by atoms with E-state index in [1.54, 1.807) is 27.9 Å². The zero-order chi connectivity index (χ0) is 29.4. The molecule has 2 amide bonds. The van der Waals surface area contributed by atoms with Crippen molar-refractivity contribution in [2.24, 2.45) is 5.92 Å². The Hall–Kier alpha value is -3.59. The largest absolute Gasteiger partial charge is 0.479 e. The van der Waals surface area contributed by atoms with Crippen LogP contribution in [0.25, 0.3) is 11.1 Å². The molecule has 1 aliphatic heterocycles. The van der Waals surface area contributed by atoms with Crippen LogP contribution in [-0.2, 0) is 19.0 Å². The van der Waals surface area contributed by atoms with Crippen molar-refractivity contribution in [3.63, 3.8) is 0 Å². The first kappa shape index (κ1) is 28.9. The lowest BCUT2D eigenvalue weighted by Gasteiger charge is -2.47. The fourth-order valence-corrected chi connectivity index (χ4v) is 6.36.